The van der Waals surface area contributed by atoms with Crippen LogP contribution in [0, 0.1) is 6.92 Å². The van der Waals surface area contributed by atoms with E-state index < -0.39 is 0 Å². The van der Waals surface area contributed by atoms with E-state index in [9.17, 15) is 4.79 Å². The van der Waals surface area contributed by atoms with Gasteiger partial charge >= 0.3 is 5.97 Å². The van der Waals surface area contributed by atoms with Crippen LogP contribution >= 0.6 is 11.8 Å². The number of para-hydroxylation sites is 2. The topological polar surface area (TPSA) is 112 Å². The van der Waals surface area contributed by atoms with Crippen molar-refractivity contribution >= 4 is 35.3 Å². The van der Waals surface area contributed by atoms with Gasteiger partial charge in [0, 0.05) is 4.90 Å². The molecule has 0 amide bonds. The number of carbonyl (C=O) groups excluding carboxylic acids is 1. The first-order valence-electron chi connectivity index (χ1n) is 8.79. The Morgan fingerprint density at radius 3 is 2.66 bits per heavy atom. The molecule has 29 heavy (non-hydrogen) atoms. The lowest BCUT2D eigenvalue weighted by Crippen LogP contribution is -2.12. The molecule has 0 aliphatic heterocycles. The van der Waals surface area contributed by atoms with Gasteiger partial charge in [-0.1, -0.05) is 30.3 Å². The lowest BCUT2D eigenvalue weighted by molar-refractivity contribution is -0.141. The number of aryl methyl sites for hydroxylation is 1. The summed E-state index contributed by atoms with van der Waals surface area (Å²) in [5.41, 5.74) is 7.56. The van der Waals surface area contributed by atoms with Gasteiger partial charge in [0.1, 0.15) is 5.75 Å². The third-order valence-corrected chi connectivity index (χ3v) is 5.00. The van der Waals surface area contributed by atoms with E-state index in [2.05, 4.69) is 20.3 Å². The van der Waals surface area contributed by atoms with E-state index in [1.807, 2.05) is 55.5 Å². The third-order valence-electron chi connectivity index (χ3n) is 3.85. The molecule has 0 atom stereocenters. The molecule has 1 heterocycles. The summed E-state index contributed by atoms with van der Waals surface area (Å²) in [6, 6.07) is 15.2. The molecule has 0 radical (unpaired) electrons. The number of ether oxygens (including phenoxy) is 2. The van der Waals surface area contributed by atoms with Gasteiger partial charge in [-0.25, -0.2) is 0 Å². The van der Waals surface area contributed by atoms with Crippen molar-refractivity contribution in [3.63, 3.8) is 0 Å². The summed E-state index contributed by atoms with van der Waals surface area (Å²) < 4.78 is 10.6. The van der Waals surface area contributed by atoms with Gasteiger partial charge in [-0.3, -0.25) is 4.79 Å². The second-order valence-electron chi connectivity index (χ2n) is 5.97. The summed E-state index contributed by atoms with van der Waals surface area (Å²) in [6.07, 6.45) is 0. The van der Waals surface area contributed by atoms with Crippen molar-refractivity contribution in [2.24, 2.45) is 0 Å². The van der Waals surface area contributed by atoms with E-state index in [0.29, 0.717) is 11.4 Å². The summed E-state index contributed by atoms with van der Waals surface area (Å²) in [5, 5.41) is 3.03. The first-order chi connectivity index (χ1) is 14.0. The summed E-state index contributed by atoms with van der Waals surface area (Å²) in [4.78, 5) is 25.4. The summed E-state index contributed by atoms with van der Waals surface area (Å²) >= 11 is 1.42. The number of esters is 1. The molecule has 3 aromatic rings. The minimum absolute atomic E-state index is 0.0257. The Morgan fingerprint density at radius 2 is 1.86 bits per heavy atom. The molecule has 9 heteroatoms. The lowest BCUT2D eigenvalue weighted by Gasteiger charge is -2.11. The van der Waals surface area contributed by atoms with Crippen molar-refractivity contribution in [3.8, 4) is 5.75 Å². The fraction of sp³-hybridized carbons (Fsp3) is 0.200. The highest BCUT2D eigenvalue weighted by molar-refractivity contribution is 8.00. The Kier molecular flexibility index (Phi) is 6.85. The Labute approximate surface area is 172 Å². The number of methoxy groups -OCH3 is 1. The number of nitrogens with one attached hydrogen (secondary N) is 1. The number of rotatable bonds is 8. The fourth-order valence-electron chi connectivity index (χ4n) is 2.47. The van der Waals surface area contributed by atoms with E-state index in [0.717, 1.165) is 10.5 Å². The van der Waals surface area contributed by atoms with Gasteiger partial charge in [-0.2, -0.15) is 15.0 Å². The third kappa shape index (κ3) is 5.82. The maximum Gasteiger partial charge on any atom is 0.316 e. The number of nitrogens with two attached hydrogens (primary N) is 1. The number of carbonyl (C=O) groups is 1. The molecule has 8 nitrogen and oxygen atoms in total. The van der Waals surface area contributed by atoms with Crippen LogP contribution in [0.5, 0.6) is 5.75 Å². The first kappa shape index (κ1) is 20.4. The zero-order chi connectivity index (χ0) is 20.6. The number of nitrogens with zero attached hydrogens (tertiary/aromatic N) is 3. The molecule has 0 unspecified atom stereocenters. The van der Waals surface area contributed by atoms with Gasteiger partial charge in [0.05, 0.1) is 18.6 Å². The molecule has 0 aliphatic carbocycles. The van der Waals surface area contributed by atoms with E-state index in [1.165, 1.54) is 11.8 Å². The van der Waals surface area contributed by atoms with Crippen molar-refractivity contribution < 1.29 is 14.3 Å². The molecular weight excluding hydrogens is 390 g/mol. The van der Waals surface area contributed by atoms with Crippen molar-refractivity contribution in [3.05, 3.63) is 59.9 Å². The van der Waals surface area contributed by atoms with Crippen LogP contribution in [0.25, 0.3) is 0 Å². The predicted molar refractivity (Wildman–Crippen MR) is 112 cm³/mol. The monoisotopic (exact) mass is 411 g/mol. The molecule has 0 fully saturated rings. The van der Waals surface area contributed by atoms with Crippen molar-refractivity contribution in [2.75, 3.05) is 23.9 Å². The molecule has 0 bridgehead atoms. The van der Waals surface area contributed by atoms with Crippen molar-refractivity contribution in [2.45, 2.75) is 18.4 Å². The largest absolute Gasteiger partial charge is 0.495 e. The lowest BCUT2D eigenvalue weighted by atomic mass is 10.2. The van der Waals surface area contributed by atoms with Crippen LogP contribution < -0.4 is 15.8 Å². The standard InChI is InChI=1S/C20H21N5O3S/c1-13-7-3-6-10-16(13)29-12-18(26)28-11-17-23-19(21)25-20(24-17)22-14-8-4-5-9-15(14)27-2/h3-10H,11-12H2,1-2H3,(H3,21,22,23,24,25). The van der Waals surface area contributed by atoms with Crippen LogP contribution in [0.3, 0.4) is 0 Å². The molecule has 0 spiro atoms. The fourth-order valence-corrected chi connectivity index (χ4v) is 3.30. The molecule has 3 N–H and O–H groups in total. The van der Waals surface area contributed by atoms with Crippen LogP contribution in [-0.4, -0.2) is 33.8 Å². The molecule has 0 aliphatic rings. The smallest absolute Gasteiger partial charge is 0.316 e. The maximum atomic E-state index is 12.1. The van der Waals surface area contributed by atoms with Crippen molar-refractivity contribution in [1.29, 1.82) is 0 Å². The van der Waals surface area contributed by atoms with Gasteiger partial charge in [0.25, 0.3) is 0 Å². The quantitative estimate of drug-likeness (QED) is 0.425. The zero-order valence-electron chi connectivity index (χ0n) is 16.1. The van der Waals surface area contributed by atoms with Crippen LogP contribution in [0.2, 0.25) is 0 Å². The molecule has 0 saturated carbocycles. The minimum atomic E-state index is -0.364. The van der Waals surface area contributed by atoms with Gasteiger partial charge in [0.2, 0.25) is 11.9 Å². The highest BCUT2D eigenvalue weighted by atomic mass is 32.2. The minimum Gasteiger partial charge on any atom is -0.495 e. The Hall–Kier alpha value is -3.33. The highest BCUT2D eigenvalue weighted by Gasteiger charge is 2.11. The summed E-state index contributed by atoms with van der Waals surface area (Å²) in [7, 11) is 1.57. The number of aromatic nitrogens is 3. The molecule has 150 valence electrons. The molecule has 0 saturated heterocycles. The Morgan fingerprint density at radius 1 is 1.10 bits per heavy atom. The molecule has 2 aromatic carbocycles. The van der Waals surface area contributed by atoms with Gasteiger partial charge in [0.15, 0.2) is 12.4 Å². The average molecular weight is 411 g/mol. The van der Waals surface area contributed by atoms with Gasteiger partial charge in [-0.15, -0.1) is 11.8 Å². The Bertz CT molecular complexity index is 999. The Balaban J connectivity index is 1.59. The van der Waals surface area contributed by atoms with Crippen LogP contribution in [0.15, 0.2) is 53.4 Å². The maximum absolute atomic E-state index is 12.1. The summed E-state index contributed by atoms with van der Waals surface area (Å²) in [5.74, 6) is 0.978. The molecular formula is C20H21N5O3S. The summed E-state index contributed by atoms with van der Waals surface area (Å²) in [6.45, 7) is 1.90. The number of hydrogen-bond donors (Lipinski definition) is 2. The van der Waals surface area contributed by atoms with Crippen LogP contribution in [-0.2, 0) is 16.1 Å². The van der Waals surface area contributed by atoms with Crippen molar-refractivity contribution in [1.82, 2.24) is 15.0 Å². The normalized spacial score (nSPS) is 10.4. The predicted octanol–water partition coefficient (Wildman–Crippen LogP) is 3.35. The van der Waals surface area contributed by atoms with E-state index in [4.69, 9.17) is 15.2 Å². The highest BCUT2D eigenvalue weighted by Crippen LogP contribution is 2.26. The van der Waals surface area contributed by atoms with E-state index >= 15 is 0 Å². The van der Waals surface area contributed by atoms with Gasteiger partial charge < -0.3 is 20.5 Å². The van der Waals surface area contributed by atoms with E-state index in [-0.39, 0.29) is 36.1 Å². The number of thioether (sulfide) groups is 1. The number of nitrogen functional groups attached to an aromatic ring is 1. The first-order valence-corrected chi connectivity index (χ1v) is 9.78. The number of benzene rings is 2. The molecule has 3 rings (SSSR count). The SMILES string of the molecule is COc1ccccc1Nc1nc(N)nc(COC(=O)CSc2ccccc2C)n1. The zero-order valence-corrected chi connectivity index (χ0v) is 16.9. The van der Waals surface area contributed by atoms with Crippen LogP contribution in [0.4, 0.5) is 17.6 Å². The second-order valence-corrected chi connectivity index (χ2v) is 6.99. The van der Waals surface area contributed by atoms with Gasteiger partial charge in [-0.05, 0) is 30.7 Å². The number of anilines is 3. The molecule has 1 aromatic heterocycles. The average Bonchev–Trinajstić information content (AvgIpc) is 2.71. The van der Waals surface area contributed by atoms with E-state index in [1.54, 1.807) is 7.11 Å². The number of hydrogen-bond acceptors (Lipinski definition) is 9. The second kappa shape index (κ2) is 9.74. The van der Waals surface area contributed by atoms with Crippen LogP contribution in [0.1, 0.15) is 11.4 Å².